The predicted molar refractivity (Wildman–Crippen MR) is 89.9 cm³/mol. The van der Waals surface area contributed by atoms with Crippen LogP contribution in [0.5, 0.6) is 0 Å². The van der Waals surface area contributed by atoms with Crippen molar-refractivity contribution >= 4 is 53.4 Å². The van der Waals surface area contributed by atoms with E-state index < -0.39 is 0 Å². The van der Waals surface area contributed by atoms with E-state index in [1.54, 1.807) is 0 Å². The molecule has 0 heterocycles. The highest BCUT2D eigenvalue weighted by molar-refractivity contribution is 9.10. The van der Waals surface area contributed by atoms with Crippen LogP contribution in [-0.2, 0) is 0 Å². The standard InChI is InChI=1S/C14H20Br2S2/c15-11-7-1-3-9(5-7)13(11)17-18-14-10-4-2-8(6-10)12(14)16/h7-14H,1-6H2/t7-,8-,9-,10+,11+,12-,13+,14-/m1/s1. The Balaban J connectivity index is 1.36. The first kappa shape index (κ1) is 13.3. The van der Waals surface area contributed by atoms with Gasteiger partial charge in [-0.3, -0.25) is 0 Å². The van der Waals surface area contributed by atoms with Crippen LogP contribution in [0.1, 0.15) is 38.5 Å². The molecular weight excluding hydrogens is 392 g/mol. The van der Waals surface area contributed by atoms with Gasteiger partial charge in [-0.25, -0.2) is 0 Å². The molecule has 0 nitrogen and oxygen atoms in total. The quantitative estimate of drug-likeness (QED) is 0.444. The molecule has 0 unspecified atom stereocenters. The Morgan fingerprint density at radius 2 is 1.00 bits per heavy atom. The lowest BCUT2D eigenvalue weighted by Crippen LogP contribution is -2.27. The average Bonchev–Trinajstić information content (AvgIpc) is 3.08. The molecule has 0 N–H and O–H groups in total. The summed E-state index contributed by atoms with van der Waals surface area (Å²) >= 11 is 7.96. The fourth-order valence-electron chi connectivity index (χ4n) is 4.73. The van der Waals surface area contributed by atoms with Crippen LogP contribution >= 0.6 is 53.4 Å². The molecule has 4 aliphatic rings. The Labute approximate surface area is 135 Å². The summed E-state index contributed by atoms with van der Waals surface area (Å²) in [5.74, 6) is 4.02. The molecule has 0 spiro atoms. The van der Waals surface area contributed by atoms with Crippen molar-refractivity contribution in [2.24, 2.45) is 23.7 Å². The maximum Gasteiger partial charge on any atom is 0.0307 e. The first-order valence-corrected chi connectivity index (χ1v) is 11.4. The second kappa shape index (κ2) is 5.14. The second-order valence-electron chi connectivity index (χ2n) is 6.68. The van der Waals surface area contributed by atoms with Gasteiger partial charge in [0.1, 0.15) is 0 Å². The molecule has 4 rings (SSSR count). The summed E-state index contributed by atoms with van der Waals surface area (Å²) in [7, 11) is 4.47. The number of fused-ring (bicyclic) bond motifs is 4. The fraction of sp³-hybridized carbons (Fsp3) is 1.00. The van der Waals surface area contributed by atoms with Crippen LogP contribution in [0.15, 0.2) is 0 Å². The Kier molecular flexibility index (Phi) is 3.80. The number of hydrogen-bond donors (Lipinski definition) is 0. The zero-order chi connectivity index (χ0) is 12.3. The van der Waals surface area contributed by atoms with Crippen LogP contribution in [0.4, 0.5) is 0 Å². The van der Waals surface area contributed by atoms with Crippen molar-refractivity contribution < 1.29 is 0 Å². The van der Waals surface area contributed by atoms with E-state index in [4.69, 9.17) is 0 Å². The van der Waals surface area contributed by atoms with E-state index in [1.165, 1.54) is 38.5 Å². The van der Waals surface area contributed by atoms with Crippen molar-refractivity contribution in [3.05, 3.63) is 0 Å². The topological polar surface area (TPSA) is 0 Å². The normalized spacial score (nSPS) is 57.7. The number of hydrogen-bond acceptors (Lipinski definition) is 2. The van der Waals surface area contributed by atoms with Crippen LogP contribution in [-0.4, -0.2) is 20.2 Å². The van der Waals surface area contributed by atoms with Crippen molar-refractivity contribution in [2.75, 3.05) is 0 Å². The van der Waals surface area contributed by atoms with Crippen molar-refractivity contribution in [3.63, 3.8) is 0 Å². The average molecular weight is 412 g/mol. The van der Waals surface area contributed by atoms with Crippen LogP contribution in [0.2, 0.25) is 0 Å². The number of rotatable bonds is 3. The van der Waals surface area contributed by atoms with Gasteiger partial charge >= 0.3 is 0 Å². The molecule has 0 aromatic carbocycles. The highest BCUT2D eigenvalue weighted by Gasteiger charge is 2.50. The van der Waals surface area contributed by atoms with Gasteiger partial charge in [0.05, 0.1) is 0 Å². The Morgan fingerprint density at radius 3 is 1.33 bits per heavy atom. The number of halogens is 2. The predicted octanol–water partition coefficient (Wildman–Crippen LogP) is 5.49. The minimum atomic E-state index is 0.807. The molecule has 0 radical (unpaired) electrons. The van der Waals surface area contributed by atoms with Crippen molar-refractivity contribution in [2.45, 2.75) is 58.7 Å². The van der Waals surface area contributed by atoms with Gasteiger partial charge in [0.25, 0.3) is 0 Å². The first-order valence-electron chi connectivity index (χ1n) is 7.34. The summed E-state index contributed by atoms with van der Waals surface area (Å²) < 4.78 is 0. The molecule has 0 aliphatic heterocycles. The molecule has 0 aromatic heterocycles. The van der Waals surface area contributed by atoms with Gasteiger partial charge in [-0.2, -0.15) is 0 Å². The summed E-state index contributed by atoms with van der Waals surface area (Å²) in [6, 6.07) is 0. The fourth-order valence-corrected chi connectivity index (χ4v) is 12.2. The third-order valence-corrected chi connectivity index (χ3v) is 12.7. The summed E-state index contributed by atoms with van der Waals surface area (Å²) in [5, 5.41) is 1.79. The molecule has 18 heavy (non-hydrogen) atoms. The van der Waals surface area contributed by atoms with Gasteiger partial charge < -0.3 is 0 Å². The molecule has 4 fully saturated rings. The van der Waals surface area contributed by atoms with Gasteiger partial charge in [-0.05, 0) is 62.2 Å². The lowest BCUT2D eigenvalue weighted by molar-refractivity contribution is 0.507. The maximum atomic E-state index is 3.98. The SMILES string of the molecule is Br[C@@H]1[C@@H]2CC[C@@H](C2)[C@H]1SS[C@H]1[C@@H]2CC[C@H](C2)[C@@H]1Br. The molecule has 0 saturated heterocycles. The summed E-state index contributed by atoms with van der Waals surface area (Å²) in [6.45, 7) is 0. The second-order valence-corrected chi connectivity index (χ2v) is 11.4. The molecule has 102 valence electrons. The zero-order valence-corrected chi connectivity index (χ0v) is 15.2. The van der Waals surface area contributed by atoms with Gasteiger partial charge in [-0.15, -0.1) is 0 Å². The summed E-state index contributed by atoms with van der Waals surface area (Å²) in [6.07, 6.45) is 8.97. The van der Waals surface area contributed by atoms with E-state index in [-0.39, 0.29) is 0 Å². The van der Waals surface area contributed by atoms with Crippen molar-refractivity contribution in [3.8, 4) is 0 Å². The van der Waals surface area contributed by atoms with E-state index in [0.717, 1.165) is 43.8 Å². The van der Waals surface area contributed by atoms with E-state index in [2.05, 4.69) is 53.4 Å². The van der Waals surface area contributed by atoms with Gasteiger partial charge in [0.15, 0.2) is 0 Å². The van der Waals surface area contributed by atoms with Crippen molar-refractivity contribution in [1.82, 2.24) is 0 Å². The van der Waals surface area contributed by atoms with Crippen LogP contribution in [0.3, 0.4) is 0 Å². The lowest BCUT2D eigenvalue weighted by Gasteiger charge is -2.30. The molecular formula is C14H20Br2S2. The monoisotopic (exact) mass is 410 g/mol. The van der Waals surface area contributed by atoms with Crippen molar-refractivity contribution in [1.29, 1.82) is 0 Å². The molecule has 8 atom stereocenters. The molecule has 4 saturated carbocycles. The van der Waals surface area contributed by atoms with Gasteiger partial charge in [0, 0.05) is 20.2 Å². The van der Waals surface area contributed by atoms with Gasteiger partial charge in [0.2, 0.25) is 0 Å². The van der Waals surface area contributed by atoms with E-state index in [1.807, 2.05) is 0 Å². The minimum Gasteiger partial charge on any atom is -0.0889 e. The lowest BCUT2D eigenvalue weighted by atomic mass is 10.0. The van der Waals surface area contributed by atoms with E-state index >= 15 is 0 Å². The third kappa shape index (κ3) is 2.07. The Bertz CT molecular complexity index is 302. The summed E-state index contributed by atoms with van der Waals surface area (Å²) in [5.41, 5.74) is 0. The highest BCUT2D eigenvalue weighted by Crippen LogP contribution is 2.60. The Hall–Kier alpha value is 1.66. The molecule has 4 heteroatoms. The summed E-state index contributed by atoms with van der Waals surface area (Å²) in [4.78, 5) is 1.61. The zero-order valence-electron chi connectivity index (χ0n) is 10.4. The van der Waals surface area contributed by atoms with Crippen LogP contribution < -0.4 is 0 Å². The minimum absolute atomic E-state index is 0.807. The van der Waals surface area contributed by atoms with Crippen LogP contribution in [0, 0.1) is 23.7 Å². The third-order valence-electron chi connectivity index (χ3n) is 5.76. The molecule has 0 aromatic rings. The molecule has 0 amide bonds. The maximum absolute atomic E-state index is 3.98. The number of alkyl halides is 2. The highest BCUT2D eigenvalue weighted by atomic mass is 79.9. The van der Waals surface area contributed by atoms with E-state index in [0.29, 0.717) is 0 Å². The smallest absolute Gasteiger partial charge is 0.0307 e. The molecule has 4 bridgehead atoms. The van der Waals surface area contributed by atoms with Crippen LogP contribution in [0.25, 0.3) is 0 Å². The first-order chi connectivity index (χ1) is 8.74. The van der Waals surface area contributed by atoms with E-state index in [9.17, 15) is 0 Å². The largest absolute Gasteiger partial charge is 0.0889 e. The van der Waals surface area contributed by atoms with Gasteiger partial charge in [-0.1, -0.05) is 53.4 Å². The Morgan fingerprint density at radius 1 is 0.611 bits per heavy atom. The molecule has 4 aliphatic carbocycles.